The molecular weight excluding hydrogens is 246 g/mol. The molecule has 1 aromatic rings. The van der Waals surface area contributed by atoms with E-state index in [2.05, 4.69) is 5.10 Å². The maximum Gasteiger partial charge on any atom is 0.325 e. The summed E-state index contributed by atoms with van der Waals surface area (Å²) < 4.78 is 6.54. The first-order valence-electron chi connectivity index (χ1n) is 6.37. The van der Waals surface area contributed by atoms with Crippen LogP contribution in [0.15, 0.2) is 0 Å². The number of nitrogens with zero attached hydrogens (tertiary/aromatic N) is 3. The summed E-state index contributed by atoms with van der Waals surface area (Å²) in [6, 6.07) is 0. The number of ether oxygens (including phenoxy) is 1. The zero-order valence-electron chi connectivity index (χ0n) is 12.2. The Morgan fingerprint density at radius 1 is 1.32 bits per heavy atom. The van der Waals surface area contributed by atoms with Gasteiger partial charge in [0, 0.05) is 19.3 Å². The van der Waals surface area contributed by atoms with Gasteiger partial charge in [0.25, 0.3) is 5.91 Å². The number of rotatable bonds is 5. The van der Waals surface area contributed by atoms with Crippen molar-refractivity contribution in [1.82, 2.24) is 14.7 Å². The second-order valence-electron chi connectivity index (χ2n) is 4.29. The highest BCUT2D eigenvalue weighted by atomic mass is 16.5. The number of aromatic nitrogens is 2. The van der Waals surface area contributed by atoms with Crippen LogP contribution in [0.5, 0.6) is 0 Å². The molecule has 6 nitrogen and oxygen atoms in total. The fourth-order valence-electron chi connectivity index (χ4n) is 1.93. The summed E-state index contributed by atoms with van der Waals surface area (Å²) in [7, 11) is 1.79. The fraction of sp³-hybridized carbons (Fsp3) is 0.615. The third-order valence-electron chi connectivity index (χ3n) is 3.02. The van der Waals surface area contributed by atoms with Crippen LogP contribution in [0.1, 0.15) is 35.6 Å². The van der Waals surface area contributed by atoms with Crippen LogP contribution in [0.25, 0.3) is 0 Å². The van der Waals surface area contributed by atoms with Crippen molar-refractivity contribution in [2.45, 2.75) is 27.7 Å². The van der Waals surface area contributed by atoms with E-state index in [1.165, 1.54) is 4.90 Å². The molecule has 0 aromatic carbocycles. The summed E-state index contributed by atoms with van der Waals surface area (Å²) in [5, 5.41) is 4.22. The van der Waals surface area contributed by atoms with Crippen LogP contribution in [0.4, 0.5) is 0 Å². The van der Waals surface area contributed by atoms with Crippen LogP contribution < -0.4 is 0 Å². The predicted octanol–water partition coefficient (Wildman–Crippen LogP) is 1.06. The second-order valence-corrected chi connectivity index (χ2v) is 4.29. The summed E-state index contributed by atoms with van der Waals surface area (Å²) in [4.78, 5) is 25.4. The van der Waals surface area contributed by atoms with Crippen LogP contribution in [0.2, 0.25) is 0 Å². The van der Waals surface area contributed by atoms with Crippen LogP contribution in [-0.4, -0.2) is 46.3 Å². The number of amides is 1. The molecule has 0 fully saturated rings. The molecule has 1 heterocycles. The molecule has 0 unspecified atom stereocenters. The van der Waals surface area contributed by atoms with Gasteiger partial charge in [0.1, 0.15) is 6.54 Å². The maximum absolute atomic E-state index is 12.4. The van der Waals surface area contributed by atoms with Gasteiger partial charge < -0.3 is 9.64 Å². The minimum atomic E-state index is -0.392. The van der Waals surface area contributed by atoms with Gasteiger partial charge in [0.15, 0.2) is 0 Å². The Morgan fingerprint density at radius 3 is 2.37 bits per heavy atom. The van der Waals surface area contributed by atoms with Crippen molar-refractivity contribution in [2.24, 2.45) is 7.05 Å². The molecule has 0 bridgehead atoms. The smallest absolute Gasteiger partial charge is 0.325 e. The molecule has 6 heteroatoms. The first-order chi connectivity index (χ1) is 8.92. The van der Waals surface area contributed by atoms with Gasteiger partial charge in [-0.15, -0.1) is 0 Å². The molecule has 0 saturated heterocycles. The van der Waals surface area contributed by atoms with Crippen molar-refractivity contribution in [3.05, 3.63) is 17.0 Å². The van der Waals surface area contributed by atoms with Crippen molar-refractivity contribution in [1.29, 1.82) is 0 Å². The first-order valence-corrected chi connectivity index (χ1v) is 6.37. The molecule has 0 aliphatic carbocycles. The van der Waals surface area contributed by atoms with Crippen LogP contribution in [0.3, 0.4) is 0 Å². The monoisotopic (exact) mass is 267 g/mol. The average molecular weight is 267 g/mol. The standard InChI is InChI=1S/C13H21N3O3/c1-6-16(8-11(17)19-7-2)13(18)12-9(3)14-15(5)10(12)4/h6-8H2,1-5H3. The SMILES string of the molecule is CCOC(=O)CN(CC)C(=O)c1c(C)nn(C)c1C. The van der Waals surface area contributed by atoms with E-state index in [1.54, 1.807) is 25.6 Å². The number of hydrogen-bond donors (Lipinski definition) is 0. The molecule has 1 rings (SSSR count). The molecule has 106 valence electrons. The molecular formula is C13H21N3O3. The lowest BCUT2D eigenvalue weighted by atomic mass is 10.1. The lowest BCUT2D eigenvalue weighted by Gasteiger charge is -2.19. The van der Waals surface area contributed by atoms with Crippen LogP contribution in [0, 0.1) is 13.8 Å². The Kier molecular flexibility index (Phi) is 5.09. The number of carbonyl (C=O) groups is 2. The zero-order chi connectivity index (χ0) is 14.6. The Hall–Kier alpha value is -1.85. The maximum atomic E-state index is 12.4. The van der Waals surface area contributed by atoms with Crippen molar-refractivity contribution < 1.29 is 14.3 Å². The van der Waals surface area contributed by atoms with E-state index in [0.717, 1.165) is 5.69 Å². The Balaban J connectivity index is 2.92. The first kappa shape index (κ1) is 15.2. The quantitative estimate of drug-likeness (QED) is 0.748. The van der Waals surface area contributed by atoms with E-state index < -0.39 is 5.97 Å². The van der Waals surface area contributed by atoms with Gasteiger partial charge in [-0.1, -0.05) is 0 Å². The topological polar surface area (TPSA) is 64.4 Å². The van der Waals surface area contributed by atoms with E-state index in [0.29, 0.717) is 24.4 Å². The van der Waals surface area contributed by atoms with Gasteiger partial charge in [-0.05, 0) is 27.7 Å². The summed E-state index contributed by atoms with van der Waals surface area (Å²) in [5.74, 6) is -0.574. The Morgan fingerprint density at radius 2 is 1.95 bits per heavy atom. The highest BCUT2D eigenvalue weighted by Gasteiger charge is 2.23. The van der Waals surface area contributed by atoms with E-state index >= 15 is 0 Å². The molecule has 1 amide bonds. The molecule has 0 N–H and O–H groups in total. The average Bonchev–Trinajstić information content (AvgIpc) is 2.60. The molecule has 19 heavy (non-hydrogen) atoms. The summed E-state index contributed by atoms with van der Waals surface area (Å²) in [6.07, 6.45) is 0. The van der Waals surface area contributed by atoms with Gasteiger partial charge >= 0.3 is 5.97 Å². The highest BCUT2D eigenvalue weighted by Crippen LogP contribution is 2.14. The molecule has 1 aromatic heterocycles. The molecule has 0 aliphatic rings. The molecule has 0 spiro atoms. The minimum absolute atomic E-state index is 0.0308. The van der Waals surface area contributed by atoms with E-state index in [1.807, 2.05) is 13.8 Å². The van der Waals surface area contributed by atoms with Gasteiger partial charge in [0.2, 0.25) is 0 Å². The molecule has 0 aliphatic heterocycles. The largest absolute Gasteiger partial charge is 0.465 e. The minimum Gasteiger partial charge on any atom is -0.465 e. The normalized spacial score (nSPS) is 10.4. The van der Waals surface area contributed by atoms with Gasteiger partial charge in [0.05, 0.1) is 17.9 Å². The third-order valence-corrected chi connectivity index (χ3v) is 3.02. The predicted molar refractivity (Wildman–Crippen MR) is 70.9 cm³/mol. The molecule has 0 radical (unpaired) electrons. The van der Waals surface area contributed by atoms with Crippen LogP contribution >= 0.6 is 0 Å². The van der Waals surface area contributed by atoms with Crippen molar-refractivity contribution in [3.63, 3.8) is 0 Å². The van der Waals surface area contributed by atoms with E-state index in [-0.39, 0.29) is 12.5 Å². The number of hydrogen-bond acceptors (Lipinski definition) is 4. The number of carbonyl (C=O) groups excluding carboxylic acids is 2. The number of esters is 1. The van der Waals surface area contributed by atoms with Gasteiger partial charge in [-0.3, -0.25) is 14.3 Å². The highest BCUT2D eigenvalue weighted by molar-refractivity contribution is 5.97. The van der Waals surface area contributed by atoms with E-state index in [9.17, 15) is 9.59 Å². The Labute approximate surface area is 113 Å². The van der Waals surface area contributed by atoms with Crippen LogP contribution in [-0.2, 0) is 16.6 Å². The third kappa shape index (κ3) is 3.33. The van der Waals surface area contributed by atoms with Gasteiger partial charge in [-0.25, -0.2) is 0 Å². The van der Waals surface area contributed by atoms with Crippen molar-refractivity contribution in [2.75, 3.05) is 19.7 Å². The molecule has 0 atom stereocenters. The number of likely N-dealkylation sites (N-methyl/N-ethyl adjacent to an activating group) is 1. The summed E-state index contributed by atoms with van der Waals surface area (Å²) in [5.41, 5.74) is 2.03. The number of aryl methyl sites for hydroxylation is 2. The zero-order valence-corrected chi connectivity index (χ0v) is 12.2. The fourth-order valence-corrected chi connectivity index (χ4v) is 1.93. The van der Waals surface area contributed by atoms with Gasteiger partial charge in [-0.2, -0.15) is 5.10 Å². The lowest BCUT2D eigenvalue weighted by molar-refractivity contribution is -0.143. The Bertz CT molecular complexity index is 480. The van der Waals surface area contributed by atoms with Crippen molar-refractivity contribution in [3.8, 4) is 0 Å². The summed E-state index contributed by atoms with van der Waals surface area (Å²) >= 11 is 0. The lowest BCUT2D eigenvalue weighted by Crippen LogP contribution is -2.36. The summed E-state index contributed by atoms with van der Waals surface area (Å²) in [6.45, 7) is 7.94. The second kappa shape index (κ2) is 6.36. The van der Waals surface area contributed by atoms with Crippen molar-refractivity contribution >= 4 is 11.9 Å². The molecule has 0 saturated carbocycles. The van der Waals surface area contributed by atoms with E-state index in [4.69, 9.17) is 4.74 Å².